The van der Waals surface area contributed by atoms with E-state index in [1.165, 1.54) is 30.5 Å². The lowest BCUT2D eigenvalue weighted by Crippen LogP contribution is -2.36. The van der Waals surface area contributed by atoms with Gasteiger partial charge in [-0.3, -0.25) is 0 Å². The van der Waals surface area contributed by atoms with Crippen molar-refractivity contribution >= 4 is 0 Å². The van der Waals surface area contributed by atoms with Gasteiger partial charge in [0.1, 0.15) is 5.82 Å². The first-order chi connectivity index (χ1) is 10.2. The molecule has 3 nitrogen and oxygen atoms in total. The minimum Gasteiger partial charge on any atom is -0.344 e. The van der Waals surface area contributed by atoms with Crippen molar-refractivity contribution in [2.24, 2.45) is 5.92 Å². The molecule has 0 bridgehead atoms. The quantitative estimate of drug-likeness (QED) is 0.850. The van der Waals surface area contributed by atoms with Crippen LogP contribution >= 0.6 is 0 Å². The Bertz CT molecular complexity index is 567. The first-order valence-corrected chi connectivity index (χ1v) is 8.01. The van der Waals surface area contributed by atoms with Crippen molar-refractivity contribution < 1.29 is 0 Å². The van der Waals surface area contributed by atoms with Gasteiger partial charge in [0, 0.05) is 18.4 Å². The van der Waals surface area contributed by atoms with Crippen molar-refractivity contribution in [3.05, 3.63) is 53.6 Å². The van der Waals surface area contributed by atoms with Crippen LogP contribution in [0.5, 0.6) is 0 Å². The molecule has 2 N–H and O–H groups in total. The molecule has 0 unspecified atom stereocenters. The van der Waals surface area contributed by atoms with Crippen LogP contribution in [0.4, 0.5) is 0 Å². The molecule has 3 heteroatoms. The van der Waals surface area contributed by atoms with E-state index in [2.05, 4.69) is 59.5 Å². The number of rotatable bonds is 6. The first-order valence-electron chi connectivity index (χ1n) is 8.01. The standard InChI is InChI=1S/C18H25N3/c1-14(2)11-19-12-16-13-20-17(21-16)18(9-6-10-18)15-7-4-3-5-8-15/h3-5,7-8,13-14,19H,6,9-12H2,1-2H3,(H,20,21). The Hall–Kier alpha value is -1.61. The normalized spacial score (nSPS) is 16.9. The number of aromatic nitrogens is 2. The molecule has 1 heterocycles. The summed E-state index contributed by atoms with van der Waals surface area (Å²) >= 11 is 0. The Morgan fingerprint density at radius 1 is 1.24 bits per heavy atom. The largest absolute Gasteiger partial charge is 0.344 e. The second kappa shape index (κ2) is 6.02. The lowest BCUT2D eigenvalue weighted by Gasteiger charge is -2.40. The molecule has 0 radical (unpaired) electrons. The maximum Gasteiger partial charge on any atom is 0.116 e. The molecule has 2 aromatic rings. The number of benzene rings is 1. The highest BCUT2D eigenvalue weighted by atomic mass is 15.0. The highest BCUT2D eigenvalue weighted by Gasteiger charge is 2.42. The van der Waals surface area contributed by atoms with E-state index in [4.69, 9.17) is 0 Å². The summed E-state index contributed by atoms with van der Waals surface area (Å²) < 4.78 is 0. The Balaban J connectivity index is 1.75. The topological polar surface area (TPSA) is 40.7 Å². The molecule has 1 aromatic carbocycles. The van der Waals surface area contributed by atoms with E-state index in [0.29, 0.717) is 5.92 Å². The van der Waals surface area contributed by atoms with Gasteiger partial charge in [-0.2, -0.15) is 0 Å². The lowest BCUT2D eigenvalue weighted by molar-refractivity contribution is 0.286. The molecule has 21 heavy (non-hydrogen) atoms. The van der Waals surface area contributed by atoms with Gasteiger partial charge in [0.15, 0.2) is 0 Å². The van der Waals surface area contributed by atoms with Crippen molar-refractivity contribution in [2.75, 3.05) is 6.54 Å². The van der Waals surface area contributed by atoms with Crippen LogP contribution in [0.25, 0.3) is 0 Å². The number of aromatic amines is 1. The van der Waals surface area contributed by atoms with Crippen LogP contribution in [-0.2, 0) is 12.0 Å². The molecule has 1 aromatic heterocycles. The van der Waals surface area contributed by atoms with Crippen molar-refractivity contribution in [2.45, 2.75) is 45.1 Å². The van der Waals surface area contributed by atoms with Gasteiger partial charge >= 0.3 is 0 Å². The number of imidazole rings is 1. The van der Waals surface area contributed by atoms with Gasteiger partial charge in [-0.05, 0) is 30.9 Å². The number of nitrogens with one attached hydrogen (secondary N) is 2. The van der Waals surface area contributed by atoms with E-state index in [0.717, 1.165) is 18.9 Å². The summed E-state index contributed by atoms with van der Waals surface area (Å²) in [6.07, 6.45) is 5.68. The summed E-state index contributed by atoms with van der Waals surface area (Å²) in [5.41, 5.74) is 2.71. The highest BCUT2D eigenvalue weighted by molar-refractivity contribution is 5.36. The van der Waals surface area contributed by atoms with Crippen LogP contribution in [0.1, 0.15) is 50.2 Å². The smallest absolute Gasteiger partial charge is 0.116 e. The number of hydrogen-bond donors (Lipinski definition) is 2. The third-order valence-corrected chi connectivity index (χ3v) is 4.48. The maximum atomic E-state index is 4.69. The monoisotopic (exact) mass is 283 g/mol. The molecule has 0 spiro atoms. The summed E-state index contributed by atoms with van der Waals surface area (Å²) in [5.74, 6) is 1.82. The van der Waals surface area contributed by atoms with E-state index in [9.17, 15) is 0 Å². The SMILES string of the molecule is CC(C)CNCc1cnc(C2(c3ccccc3)CCC2)[nH]1. The molecule has 112 valence electrons. The zero-order chi connectivity index (χ0) is 14.7. The van der Waals surface area contributed by atoms with Crippen LogP contribution < -0.4 is 5.32 Å². The molecular weight excluding hydrogens is 258 g/mol. The number of H-pyrrole nitrogens is 1. The molecule has 0 atom stereocenters. The molecule has 0 saturated heterocycles. The summed E-state index contributed by atoms with van der Waals surface area (Å²) in [6.45, 7) is 6.36. The lowest BCUT2D eigenvalue weighted by atomic mass is 9.64. The van der Waals surface area contributed by atoms with E-state index in [-0.39, 0.29) is 5.41 Å². The third-order valence-electron chi connectivity index (χ3n) is 4.48. The van der Waals surface area contributed by atoms with Gasteiger partial charge in [-0.1, -0.05) is 50.6 Å². The Kier molecular flexibility index (Phi) is 4.11. The van der Waals surface area contributed by atoms with Gasteiger partial charge in [0.05, 0.1) is 5.41 Å². The van der Waals surface area contributed by atoms with Gasteiger partial charge < -0.3 is 10.3 Å². The van der Waals surface area contributed by atoms with E-state index in [1.54, 1.807) is 0 Å². The van der Waals surface area contributed by atoms with E-state index < -0.39 is 0 Å². The second-order valence-electron chi connectivity index (χ2n) is 6.58. The summed E-state index contributed by atoms with van der Waals surface area (Å²) in [7, 11) is 0. The van der Waals surface area contributed by atoms with E-state index >= 15 is 0 Å². The minimum absolute atomic E-state index is 0.123. The fourth-order valence-electron chi connectivity index (χ4n) is 3.14. The second-order valence-corrected chi connectivity index (χ2v) is 6.58. The molecular formula is C18H25N3. The van der Waals surface area contributed by atoms with Gasteiger partial charge in [-0.15, -0.1) is 0 Å². The van der Waals surface area contributed by atoms with E-state index in [1.807, 2.05) is 6.20 Å². The first kappa shape index (κ1) is 14.3. The molecule has 1 fully saturated rings. The average Bonchev–Trinajstić information content (AvgIpc) is 2.87. The van der Waals surface area contributed by atoms with Gasteiger partial charge in [0.2, 0.25) is 0 Å². The highest BCUT2D eigenvalue weighted by Crippen LogP contribution is 2.47. The zero-order valence-electron chi connectivity index (χ0n) is 13.0. The summed E-state index contributed by atoms with van der Waals surface area (Å²) in [5, 5.41) is 3.47. The van der Waals surface area contributed by atoms with Gasteiger partial charge in [0.25, 0.3) is 0 Å². The summed E-state index contributed by atoms with van der Waals surface area (Å²) in [4.78, 5) is 8.24. The van der Waals surface area contributed by atoms with Crippen molar-refractivity contribution in [1.29, 1.82) is 0 Å². The van der Waals surface area contributed by atoms with Crippen LogP contribution in [0.2, 0.25) is 0 Å². The predicted octanol–water partition coefficient (Wildman–Crippen LogP) is 3.63. The fourth-order valence-corrected chi connectivity index (χ4v) is 3.14. The van der Waals surface area contributed by atoms with Crippen molar-refractivity contribution in [1.82, 2.24) is 15.3 Å². The fraction of sp³-hybridized carbons (Fsp3) is 0.500. The van der Waals surface area contributed by atoms with Crippen molar-refractivity contribution in [3.63, 3.8) is 0 Å². The Labute approximate surface area is 127 Å². The number of nitrogens with zero attached hydrogens (tertiary/aromatic N) is 1. The van der Waals surface area contributed by atoms with Crippen LogP contribution in [0, 0.1) is 5.92 Å². The predicted molar refractivity (Wildman–Crippen MR) is 86.2 cm³/mol. The minimum atomic E-state index is 0.123. The zero-order valence-corrected chi connectivity index (χ0v) is 13.0. The Morgan fingerprint density at radius 3 is 2.62 bits per heavy atom. The number of hydrogen-bond acceptors (Lipinski definition) is 2. The Morgan fingerprint density at radius 2 is 2.00 bits per heavy atom. The van der Waals surface area contributed by atoms with Crippen LogP contribution in [0.15, 0.2) is 36.5 Å². The average molecular weight is 283 g/mol. The maximum absolute atomic E-state index is 4.69. The molecule has 3 rings (SSSR count). The van der Waals surface area contributed by atoms with Crippen LogP contribution in [0.3, 0.4) is 0 Å². The van der Waals surface area contributed by atoms with Gasteiger partial charge in [-0.25, -0.2) is 4.98 Å². The molecule has 1 saturated carbocycles. The third kappa shape index (κ3) is 2.88. The molecule has 1 aliphatic rings. The van der Waals surface area contributed by atoms with Crippen LogP contribution in [-0.4, -0.2) is 16.5 Å². The summed E-state index contributed by atoms with van der Waals surface area (Å²) in [6, 6.07) is 10.8. The molecule has 0 aliphatic heterocycles. The van der Waals surface area contributed by atoms with Crippen molar-refractivity contribution in [3.8, 4) is 0 Å². The molecule has 1 aliphatic carbocycles. The molecule has 0 amide bonds.